The summed E-state index contributed by atoms with van der Waals surface area (Å²) in [6, 6.07) is 56.7. The van der Waals surface area contributed by atoms with Gasteiger partial charge in [-0.3, -0.25) is 4.98 Å². The predicted octanol–water partition coefficient (Wildman–Crippen LogP) is 13.9. The zero-order valence-corrected chi connectivity index (χ0v) is 29.1. The van der Waals surface area contributed by atoms with Crippen molar-refractivity contribution in [2.45, 2.75) is 12.5 Å². The second-order valence-corrected chi connectivity index (χ2v) is 14.3. The van der Waals surface area contributed by atoms with Gasteiger partial charge in [-0.05, 0) is 119 Å². The first-order chi connectivity index (χ1) is 26.3. The Morgan fingerprint density at radius 1 is 0.434 bits per heavy atom. The molecular formula is C51H34N2. The molecule has 1 atom stereocenters. The van der Waals surface area contributed by atoms with Crippen LogP contribution in [0.1, 0.15) is 12.5 Å². The average molecular weight is 675 g/mol. The minimum atomic E-state index is 0.278. The van der Waals surface area contributed by atoms with Crippen LogP contribution in [0.4, 0.5) is 0 Å². The van der Waals surface area contributed by atoms with Gasteiger partial charge < -0.3 is 4.57 Å². The predicted molar refractivity (Wildman–Crippen MR) is 226 cm³/mol. The molecule has 2 heterocycles. The summed E-state index contributed by atoms with van der Waals surface area (Å²) in [4.78, 5) is 4.57. The quantitative estimate of drug-likeness (QED) is 0.170. The number of hydrogen-bond donors (Lipinski definition) is 0. The summed E-state index contributed by atoms with van der Waals surface area (Å²) in [5.74, 6) is 0. The Kier molecular flexibility index (Phi) is 6.72. The molecule has 248 valence electrons. The number of rotatable bonds is 4. The van der Waals surface area contributed by atoms with Crippen molar-refractivity contribution in [3.05, 3.63) is 188 Å². The summed E-state index contributed by atoms with van der Waals surface area (Å²) in [6.07, 6.45) is 13.8. The maximum Gasteiger partial charge on any atom is 0.0560 e. The number of hydrogen-bond acceptors (Lipinski definition) is 1. The van der Waals surface area contributed by atoms with E-state index in [0.717, 1.165) is 6.42 Å². The van der Waals surface area contributed by atoms with Crippen molar-refractivity contribution in [1.82, 2.24) is 9.55 Å². The van der Waals surface area contributed by atoms with Crippen LogP contribution < -0.4 is 0 Å². The fourth-order valence-electron chi connectivity index (χ4n) is 8.86. The van der Waals surface area contributed by atoms with Gasteiger partial charge in [-0.15, -0.1) is 0 Å². The lowest BCUT2D eigenvalue weighted by Gasteiger charge is -2.19. The monoisotopic (exact) mass is 674 g/mol. The Bertz CT molecular complexity index is 3160. The number of nitrogens with zero attached hydrogens (tertiary/aromatic N) is 2. The van der Waals surface area contributed by atoms with Crippen molar-refractivity contribution < 1.29 is 0 Å². The molecule has 0 saturated heterocycles. The van der Waals surface area contributed by atoms with Crippen LogP contribution in [0.25, 0.3) is 98.3 Å². The van der Waals surface area contributed by atoms with Crippen molar-refractivity contribution in [2.75, 3.05) is 0 Å². The van der Waals surface area contributed by atoms with Gasteiger partial charge >= 0.3 is 0 Å². The van der Waals surface area contributed by atoms with Crippen molar-refractivity contribution in [2.24, 2.45) is 0 Å². The first-order valence-corrected chi connectivity index (χ1v) is 18.5. The Hall–Kier alpha value is -6.77. The van der Waals surface area contributed by atoms with Crippen LogP contribution in [-0.4, -0.2) is 9.55 Å². The summed E-state index contributed by atoms with van der Waals surface area (Å²) < 4.78 is 2.48. The molecule has 0 fully saturated rings. The lowest BCUT2D eigenvalue weighted by Crippen LogP contribution is -2.06. The molecule has 1 aliphatic rings. The largest absolute Gasteiger partial charge is 0.333 e. The Morgan fingerprint density at radius 2 is 1.00 bits per heavy atom. The van der Waals surface area contributed by atoms with E-state index >= 15 is 0 Å². The van der Waals surface area contributed by atoms with E-state index in [2.05, 4.69) is 186 Å². The van der Waals surface area contributed by atoms with Gasteiger partial charge in [0, 0.05) is 28.7 Å². The summed E-state index contributed by atoms with van der Waals surface area (Å²) in [5, 5.41) is 12.5. The molecule has 10 aromatic rings. The van der Waals surface area contributed by atoms with Gasteiger partial charge in [0.1, 0.15) is 0 Å². The van der Waals surface area contributed by atoms with Crippen molar-refractivity contribution in [1.29, 1.82) is 0 Å². The number of pyridine rings is 1. The number of fused-ring (bicyclic) bond motifs is 7. The average Bonchev–Trinajstić information content (AvgIpc) is 3.56. The number of aromatic nitrogens is 2. The molecule has 0 N–H and O–H groups in total. The highest BCUT2D eigenvalue weighted by atomic mass is 15.0. The highest BCUT2D eigenvalue weighted by molar-refractivity contribution is 6.22. The Morgan fingerprint density at radius 3 is 1.68 bits per heavy atom. The van der Waals surface area contributed by atoms with Gasteiger partial charge in [0.05, 0.1) is 11.6 Å². The number of benzene rings is 8. The Labute approximate surface area is 307 Å². The topological polar surface area (TPSA) is 17.8 Å². The van der Waals surface area contributed by atoms with Crippen LogP contribution in [-0.2, 0) is 0 Å². The molecule has 0 amide bonds. The molecule has 53 heavy (non-hydrogen) atoms. The summed E-state index contributed by atoms with van der Waals surface area (Å²) >= 11 is 0. The Balaban J connectivity index is 1.19. The van der Waals surface area contributed by atoms with E-state index in [1.165, 1.54) is 98.3 Å². The molecule has 2 heteroatoms. The maximum atomic E-state index is 4.57. The summed E-state index contributed by atoms with van der Waals surface area (Å²) in [7, 11) is 0. The van der Waals surface area contributed by atoms with E-state index in [9.17, 15) is 0 Å². The van der Waals surface area contributed by atoms with E-state index in [1.807, 2.05) is 12.4 Å². The van der Waals surface area contributed by atoms with Gasteiger partial charge in [0.2, 0.25) is 0 Å². The zero-order chi connectivity index (χ0) is 34.9. The molecule has 11 rings (SSSR count). The fraction of sp³-hybridized carbons (Fsp3) is 0.0392. The lowest BCUT2D eigenvalue weighted by molar-refractivity contribution is 0.648. The van der Waals surface area contributed by atoms with Gasteiger partial charge in [0.25, 0.3) is 0 Å². The maximum absolute atomic E-state index is 4.57. The molecule has 2 nitrogen and oxygen atoms in total. The minimum absolute atomic E-state index is 0.278. The molecule has 1 aliphatic carbocycles. The van der Waals surface area contributed by atoms with Crippen LogP contribution in [0.5, 0.6) is 0 Å². The van der Waals surface area contributed by atoms with Crippen LogP contribution in [0.15, 0.2) is 188 Å². The van der Waals surface area contributed by atoms with Crippen molar-refractivity contribution >= 4 is 64.9 Å². The van der Waals surface area contributed by atoms with Crippen LogP contribution in [0.2, 0.25) is 0 Å². The van der Waals surface area contributed by atoms with E-state index in [1.54, 1.807) is 0 Å². The molecule has 0 aliphatic heterocycles. The molecule has 0 radical (unpaired) electrons. The standard InChI is InChI=1S/C51H34N2/c1-2-14-41(15-3-1)53-48-25-23-38(30-45(48)47-32-52-27-26-49(47)53)37-22-24-44-46(31-37)51(40-21-19-34-11-5-7-13-36(34)29-40)43-17-9-8-16-42(43)50(44)39-20-18-33-10-4-6-12-35(33)28-39/h1-14,16-32,41H,15H2. The second-order valence-electron chi connectivity index (χ2n) is 14.3. The molecule has 0 saturated carbocycles. The third-order valence-electron chi connectivity index (χ3n) is 11.3. The van der Waals surface area contributed by atoms with Crippen LogP contribution in [0.3, 0.4) is 0 Å². The second kappa shape index (κ2) is 11.9. The van der Waals surface area contributed by atoms with E-state index < -0.39 is 0 Å². The van der Waals surface area contributed by atoms with Gasteiger partial charge in [-0.25, -0.2) is 0 Å². The highest BCUT2D eigenvalue weighted by Crippen LogP contribution is 2.46. The minimum Gasteiger partial charge on any atom is -0.333 e. The third-order valence-corrected chi connectivity index (χ3v) is 11.3. The zero-order valence-electron chi connectivity index (χ0n) is 29.1. The van der Waals surface area contributed by atoms with Gasteiger partial charge in [-0.1, -0.05) is 140 Å². The van der Waals surface area contributed by atoms with Crippen molar-refractivity contribution in [3.8, 4) is 33.4 Å². The summed E-state index contributed by atoms with van der Waals surface area (Å²) in [6.45, 7) is 0. The van der Waals surface area contributed by atoms with Gasteiger partial charge in [-0.2, -0.15) is 0 Å². The normalized spacial score (nSPS) is 14.4. The fourth-order valence-corrected chi connectivity index (χ4v) is 8.86. The summed E-state index contributed by atoms with van der Waals surface area (Å²) in [5.41, 5.74) is 9.87. The van der Waals surface area contributed by atoms with Gasteiger partial charge in [0.15, 0.2) is 0 Å². The molecule has 2 aromatic heterocycles. The molecular weight excluding hydrogens is 641 g/mol. The first-order valence-electron chi connectivity index (χ1n) is 18.5. The lowest BCUT2D eigenvalue weighted by atomic mass is 9.84. The van der Waals surface area contributed by atoms with E-state index in [0.29, 0.717) is 0 Å². The molecule has 1 unspecified atom stereocenters. The SMILES string of the molecule is C1=CCC(n2c3ccncc3c3cc(-c4ccc5c(-c6ccc7ccccc7c6)c6ccccc6c(-c6ccc7ccccc7c6)c5c4)ccc32)C=C1. The van der Waals surface area contributed by atoms with Crippen LogP contribution in [0, 0.1) is 0 Å². The molecule has 0 spiro atoms. The third kappa shape index (κ3) is 4.76. The van der Waals surface area contributed by atoms with Crippen LogP contribution >= 0.6 is 0 Å². The molecule has 0 bridgehead atoms. The van der Waals surface area contributed by atoms with E-state index in [4.69, 9.17) is 0 Å². The first kappa shape index (κ1) is 29.9. The number of allylic oxidation sites excluding steroid dienone is 4. The van der Waals surface area contributed by atoms with E-state index in [-0.39, 0.29) is 6.04 Å². The smallest absolute Gasteiger partial charge is 0.0560 e. The molecule has 8 aromatic carbocycles. The van der Waals surface area contributed by atoms with Crippen molar-refractivity contribution in [3.63, 3.8) is 0 Å². The highest BCUT2D eigenvalue weighted by Gasteiger charge is 2.20.